The lowest BCUT2D eigenvalue weighted by Gasteiger charge is -2.27. The summed E-state index contributed by atoms with van der Waals surface area (Å²) >= 11 is 0. The highest BCUT2D eigenvalue weighted by Crippen LogP contribution is 2.10. The van der Waals surface area contributed by atoms with Gasteiger partial charge in [-0.15, -0.1) is 24.8 Å². The Bertz CT molecular complexity index is 446. The molecular formula is C14H27Cl2N5O. The molecule has 22 heavy (non-hydrogen) atoms. The fourth-order valence-electron chi connectivity index (χ4n) is 2.39. The van der Waals surface area contributed by atoms with E-state index in [0.29, 0.717) is 12.8 Å². The maximum Gasteiger partial charge on any atom is 0.220 e. The highest BCUT2D eigenvalue weighted by Gasteiger charge is 2.10. The number of amides is 1. The number of H-pyrrole nitrogens is 1. The molecule has 1 aromatic rings. The summed E-state index contributed by atoms with van der Waals surface area (Å²) in [5.41, 5.74) is 3.25. The topological polar surface area (TPSA) is 73.0 Å². The summed E-state index contributed by atoms with van der Waals surface area (Å²) in [5, 5.41) is 13.5. The van der Waals surface area contributed by atoms with E-state index in [1.165, 1.54) is 5.56 Å². The highest BCUT2D eigenvalue weighted by molar-refractivity contribution is 5.85. The van der Waals surface area contributed by atoms with E-state index in [4.69, 9.17) is 0 Å². The van der Waals surface area contributed by atoms with Crippen LogP contribution in [0.3, 0.4) is 0 Å². The lowest BCUT2D eigenvalue weighted by molar-refractivity contribution is -0.121. The van der Waals surface area contributed by atoms with Crippen LogP contribution in [0.25, 0.3) is 0 Å². The SMILES string of the molecule is Cc1[nH]nc(CCC(=O)NCCN2CCNCC2)c1C.Cl.Cl. The van der Waals surface area contributed by atoms with E-state index in [-0.39, 0.29) is 30.7 Å². The first kappa shape index (κ1) is 21.2. The molecule has 0 saturated carbocycles. The van der Waals surface area contributed by atoms with Crippen LogP contribution >= 0.6 is 24.8 Å². The molecule has 0 radical (unpaired) electrons. The van der Waals surface area contributed by atoms with Crippen LogP contribution in [-0.2, 0) is 11.2 Å². The first-order valence-corrected chi connectivity index (χ1v) is 7.37. The molecule has 0 atom stereocenters. The van der Waals surface area contributed by atoms with Crippen LogP contribution in [0.4, 0.5) is 0 Å². The summed E-state index contributed by atoms with van der Waals surface area (Å²) in [5.74, 6) is 0.111. The molecule has 1 saturated heterocycles. The van der Waals surface area contributed by atoms with Crippen molar-refractivity contribution in [1.29, 1.82) is 0 Å². The Morgan fingerprint density at radius 1 is 1.27 bits per heavy atom. The number of hydrogen-bond donors (Lipinski definition) is 3. The second kappa shape index (κ2) is 10.8. The number of aromatic amines is 1. The molecule has 0 spiro atoms. The second-order valence-corrected chi connectivity index (χ2v) is 5.36. The number of halogens is 2. The lowest BCUT2D eigenvalue weighted by atomic mass is 10.1. The molecule has 0 aromatic carbocycles. The lowest BCUT2D eigenvalue weighted by Crippen LogP contribution is -2.46. The third-order valence-corrected chi connectivity index (χ3v) is 3.90. The number of piperazine rings is 1. The zero-order chi connectivity index (χ0) is 14.4. The van der Waals surface area contributed by atoms with Crippen molar-refractivity contribution in [2.24, 2.45) is 0 Å². The number of nitrogens with zero attached hydrogens (tertiary/aromatic N) is 2. The van der Waals surface area contributed by atoms with Gasteiger partial charge in [0.05, 0.1) is 5.69 Å². The molecule has 0 bridgehead atoms. The van der Waals surface area contributed by atoms with Gasteiger partial charge in [0.2, 0.25) is 5.91 Å². The Balaban J connectivity index is 0.00000220. The van der Waals surface area contributed by atoms with Gasteiger partial charge in [-0.1, -0.05) is 0 Å². The van der Waals surface area contributed by atoms with E-state index in [1.807, 2.05) is 13.8 Å². The van der Waals surface area contributed by atoms with Crippen LogP contribution in [0, 0.1) is 13.8 Å². The van der Waals surface area contributed by atoms with Gasteiger partial charge in [0.15, 0.2) is 0 Å². The molecule has 1 aliphatic rings. The summed E-state index contributed by atoms with van der Waals surface area (Å²) in [6, 6.07) is 0. The van der Waals surface area contributed by atoms with Crippen molar-refractivity contribution in [3.05, 3.63) is 17.0 Å². The fraction of sp³-hybridized carbons (Fsp3) is 0.714. The van der Waals surface area contributed by atoms with Gasteiger partial charge in [0.1, 0.15) is 0 Å². The Kier molecular flexibility index (Phi) is 10.4. The van der Waals surface area contributed by atoms with E-state index in [1.54, 1.807) is 0 Å². The third-order valence-electron chi connectivity index (χ3n) is 3.90. The molecule has 1 amide bonds. The van der Waals surface area contributed by atoms with Crippen LogP contribution in [0.15, 0.2) is 0 Å². The molecule has 1 aliphatic heterocycles. The first-order chi connectivity index (χ1) is 9.66. The summed E-state index contributed by atoms with van der Waals surface area (Å²) < 4.78 is 0. The van der Waals surface area contributed by atoms with Crippen molar-refractivity contribution in [1.82, 2.24) is 25.7 Å². The number of aromatic nitrogens is 2. The van der Waals surface area contributed by atoms with Gasteiger partial charge in [0.25, 0.3) is 0 Å². The quantitative estimate of drug-likeness (QED) is 0.709. The van der Waals surface area contributed by atoms with Crippen molar-refractivity contribution >= 4 is 30.7 Å². The van der Waals surface area contributed by atoms with Crippen LogP contribution < -0.4 is 10.6 Å². The first-order valence-electron chi connectivity index (χ1n) is 7.37. The zero-order valence-electron chi connectivity index (χ0n) is 13.3. The van der Waals surface area contributed by atoms with Crippen molar-refractivity contribution in [3.8, 4) is 0 Å². The zero-order valence-corrected chi connectivity index (χ0v) is 14.9. The minimum absolute atomic E-state index is 0. The Morgan fingerprint density at radius 2 is 1.95 bits per heavy atom. The molecule has 2 rings (SSSR count). The van der Waals surface area contributed by atoms with Crippen molar-refractivity contribution in [2.75, 3.05) is 39.3 Å². The molecule has 2 heterocycles. The number of nitrogens with one attached hydrogen (secondary N) is 3. The molecular weight excluding hydrogens is 325 g/mol. The van der Waals surface area contributed by atoms with Crippen molar-refractivity contribution in [2.45, 2.75) is 26.7 Å². The van der Waals surface area contributed by atoms with Crippen LogP contribution in [0.2, 0.25) is 0 Å². The van der Waals surface area contributed by atoms with Crippen molar-refractivity contribution in [3.63, 3.8) is 0 Å². The number of hydrogen-bond acceptors (Lipinski definition) is 4. The van der Waals surface area contributed by atoms with E-state index in [0.717, 1.165) is 50.7 Å². The second-order valence-electron chi connectivity index (χ2n) is 5.36. The molecule has 1 fully saturated rings. The summed E-state index contributed by atoms with van der Waals surface area (Å²) in [6.07, 6.45) is 1.21. The molecule has 6 nitrogen and oxygen atoms in total. The highest BCUT2D eigenvalue weighted by atomic mass is 35.5. The van der Waals surface area contributed by atoms with Crippen LogP contribution in [0.5, 0.6) is 0 Å². The molecule has 8 heteroatoms. The van der Waals surface area contributed by atoms with Gasteiger partial charge in [-0.05, 0) is 19.4 Å². The minimum atomic E-state index is 0. The van der Waals surface area contributed by atoms with Crippen LogP contribution in [-0.4, -0.2) is 60.3 Å². The van der Waals surface area contributed by atoms with E-state index in [9.17, 15) is 4.79 Å². The predicted molar refractivity (Wildman–Crippen MR) is 93.2 cm³/mol. The maximum atomic E-state index is 11.8. The Labute approximate surface area is 144 Å². The summed E-state index contributed by atoms with van der Waals surface area (Å²) in [4.78, 5) is 14.2. The molecule has 3 N–H and O–H groups in total. The molecule has 0 aliphatic carbocycles. The monoisotopic (exact) mass is 351 g/mol. The van der Waals surface area contributed by atoms with E-state index >= 15 is 0 Å². The van der Waals surface area contributed by atoms with Crippen molar-refractivity contribution < 1.29 is 4.79 Å². The van der Waals surface area contributed by atoms with E-state index < -0.39 is 0 Å². The molecule has 0 unspecified atom stereocenters. The number of carbonyl (C=O) groups excluding carboxylic acids is 1. The van der Waals surface area contributed by atoms with Gasteiger partial charge >= 0.3 is 0 Å². The number of aryl methyl sites for hydroxylation is 2. The average Bonchev–Trinajstić information content (AvgIpc) is 2.78. The summed E-state index contributed by atoms with van der Waals surface area (Å²) in [6.45, 7) is 9.95. The third kappa shape index (κ3) is 6.52. The molecule has 128 valence electrons. The summed E-state index contributed by atoms with van der Waals surface area (Å²) in [7, 11) is 0. The average molecular weight is 352 g/mol. The minimum Gasteiger partial charge on any atom is -0.355 e. The van der Waals surface area contributed by atoms with Crippen LogP contribution in [0.1, 0.15) is 23.4 Å². The fourth-order valence-corrected chi connectivity index (χ4v) is 2.39. The normalized spacial score (nSPS) is 14.8. The van der Waals surface area contributed by atoms with Gasteiger partial charge in [-0.3, -0.25) is 14.8 Å². The number of carbonyl (C=O) groups is 1. The smallest absolute Gasteiger partial charge is 0.220 e. The predicted octanol–water partition coefficient (Wildman–Crippen LogP) is 0.824. The van der Waals surface area contributed by atoms with E-state index in [2.05, 4.69) is 25.7 Å². The standard InChI is InChI=1S/C14H25N5O.2ClH/c1-11-12(2)17-18-13(11)3-4-14(20)16-7-10-19-8-5-15-6-9-19;;/h15H,3-10H2,1-2H3,(H,16,20)(H,17,18);2*1H. The largest absolute Gasteiger partial charge is 0.355 e. The maximum absolute atomic E-state index is 11.8. The van der Waals surface area contributed by atoms with Gasteiger partial charge in [-0.25, -0.2) is 0 Å². The Hall–Kier alpha value is -0.820. The van der Waals surface area contributed by atoms with Gasteiger partial charge < -0.3 is 10.6 Å². The number of rotatable bonds is 6. The molecule has 1 aromatic heterocycles. The van der Waals surface area contributed by atoms with Gasteiger partial charge in [0, 0.05) is 57.8 Å². The van der Waals surface area contributed by atoms with Gasteiger partial charge in [-0.2, -0.15) is 5.10 Å². The Morgan fingerprint density at radius 3 is 2.55 bits per heavy atom.